The van der Waals surface area contributed by atoms with Crippen molar-refractivity contribution in [1.29, 1.82) is 0 Å². The number of hydrogen-bond donors (Lipinski definition) is 1. The van der Waals surface area contributed by atoms with Gasteiger partial charge in [-0.15, -0.1) is 0 Å². The maximum Gasteiger partial charge on any atom is 0.240 e. The lowest BCUT2D eigenvalue weighted by Gasteiger charge is -2.28. The van der Waals surface area contributed by atoms with E-state index >= 15 is 0 Å². The molecule has 0 radical (unpaired) electrons. The summed E-state index contributed by atoms with van der Waals surface area (Å²) in [5, 5.41) is 4.14. The highest BCUT2D eigenvalue weighted by atomic mass is 19.1. The molecule has 4 rings (SSSR count). The summed E-state index contributed by atoms with van der Waals surface area (Å²) in [5.74, 6) is -1.54. The molecule has 9 heteroatoms. The molecule has 2 N–H and O–H groups in total. The molecule has 31 heavy (non-hydrogen) atoms. The lowest BCUT2D eigenvalue weighted by Crippen LogP contribution is -2.50. The average Bonchev–Trinajstić information content (AvgIpc) is 3.41. The van der Waals surface area contributed by atoms with E-state index in [9.17, 15) is 14.0 Å². The quantitative estimate of drug-likeness (QED) is 0.669. The SMILES string of the molecule is CN(C)C(=O)[C@@H](c1ccc(-c2ccn3nccc3n2)cc1)[C@H](N)C(=O)N1CC[C@H](F)C1. The first-order valence-electron chi connectivity index (χ1n) is 10.2. The van der Waals surface area contributed by atoms with E-state index in [1.807, 2.05) is 30.5 Å². The molecule has 162 valence electrons. The maximum absolute atomic E-state index is 13.6. The molecule has 0 unspecified atom stereocenters. The second-order valence-electron chi connectivity index (χ2n) is 7.98. The summed E-state index contributed by atoms with van der Waals surface area (Å²) in [5.41, 5.74) is 9.26. The third-order valence-electron chi connectivity index (χ3n) is 5.62. The number of nitrogens with two attached hydrogens (primary N) is 1. The second-order valence-corrected chi connectivity index (χ2v) is 7.98. The Morgan fingerprint density at radius 2 is 1.94 bits per heavy atom. The summed E-state index contributed by atoms with van der Waals surface area (Å²) >= 11 is 0. The number of benzene rings is 1. The number of likely N-dealkylation sites (N-methyl/N-ethyl adjacent to an activating group) is 1. The number of likely N-dealkylation sites (tertiary alicyclic amines) is 1. The molecule has 1 aliphatic rings. The van der Waals surface area contributed by atoms with Crippen LogP contribution in [-0.2, 0) is 9.59 Å². The van der Waals surface area contributed by atoms with E-state index in [2.05, 4.69) is 10.1 Å². The Bertz CT molecular complexity index is 1100. The number of hydrogen-bond acceptors (Lipinski definition) is 5. The fourth-order valence-electron chi connectivity index (χ4n) is 3.89. The number of carbonyl (C=O) groups excluding carboxylic acids is 2. The van der Waals surface area contributed by atoms with Crippen LogP contribution in [0.1, 0.15) is 17.9 Å². The van der Waals surface area contributed by atoms with Crippen LogP contribution in [0, 0.1) is 0 Å². The Kier molecular flexibility index (Phi) is 5.69. The number of halogens is 1. The lowest BCUT2D eigenvalue weighted by molar-refractivity contribution is -0.138. The van der Waals surface area contributed by atoms with Gasteiger partial charge in [-0.25, -0.2) is 13.9 Å². The Labute approximate surface area is 179 Å². The van der Waals surface area contributed by atoms with Gasteiger partial charge < -0.3 is 15.5 Å². The first-order chi connectivity index (χ1) is 14.8. The first-order valence-corrected chi connectivity index (χ1v) is 10.2. The number of alkyl halides is 1. The van der Waals surface area contributed by atoms with Gasteiger partial charge >= 0.3 is 0 Å². The molecule has 0 aliphatic carbocycles. The molecule has 1 aliphatic heterocycles. The number of aromatic nitrogens is 3. The van der Waals surface area contributed by atoms with E-state index in [1.54, 1.807) is 36.9 Å². The molecule has 0 bridgehead atoms. The van der Waals surface area contributed by atoms with Crippen molar-refractivity contribution in [2.75, 3.05) is 27.2 Å². The Balaban J connectivity index is 1.62. The van der Waals surface area contributed by atoms with E-state index < -0.39 is 24.0 Å². The Morgan fingerprint density at radius 1 is 1.19 bits per heavy atom. The fourth-order valence-corrected chi connectivity index (χ4v) is 3.89. The smallest absolute Gasteiger partial charge is 0.240 e. The minimum absolute atomic E-state index is 0.0249. The van der Waals surface area contributed by atoms with Crippen LogP contribution in [0.15, 0.2) is 48.8 Å². The molecule has 3 atom stereocenters. The Hall–Kier alpha value is -3.33. The van der Waals surface area contributed by atoms with Gasteiger partial charge in [-0.1, -0.05) is 24.3 Å². The predicted octanol–water partition coefficient (Wildman–Crippen LogP) is 1.47. The summed E-state index contributed by atoms with van der Waals surface area (Å²) in [6.45, 7) is 0.343. The molecule has 3 heterocycles. The van der Waals surface area contributed by atoms with Gasteiger partial charge in [-0.05, 0) is 18.1 Å². The number of fused-ring (bicyclic) bond motifs is 1. The normalized spacial score (nSPS) is 18.2. The van der Waals surface area contributed by atoms with Crippen LogP contribution in [0.4, 0.5) is 4.39 Å². The van der Waals surface area contributed by atoms with Gasteiger partial charge in [0.05, 0.1) is 24.4 Å². The van der Waals surface area contributed by atoms with Crippen LogP contribution in [0.2, 0.25) is 0 Å². The highest BCUT2D eigenvalue weighted by Crippen LogP contribution is 2.27. The van der Waals surface area contributed by atoms with Crippen LogP contribution in [0.5, 0.6) is 0 Å². The van der Waals surface area contributed by atoms with Crippen molar-refractivity contribution in [3.63, 3.8) is 0 Å². The molecule has 2 aromatic heterocycles. The maximum atomic E-state index is 13.6. The molecule has 8 nitrogen and oxygen atoms in total. The molecular formula is C22H25FN6O2. The van der Waals surface area contributed by atoms with E-state index in [4.69, 9.17) is 5.73 Å². The van der Waals surface area contributed by atoms with Crippen molar-refractivity contribution in [3.05, 3.63) is 54.4 Å². The fraction of sp³-hybridized carbons (Fsp3) is 0.364. The molecule has 1 aromatic carbocycles. The third kappa shape index (κ3) is 4.13. The lowest BCUT2D eigenvalue weighted by atomic mass is 9.89. The van der Waals surface area contributed by atoms with Crippen molar-refractivity contribution in [2.45, 2.75) is 24.6 Å². The predicted molar refractivity (Wildman–Crippen MR) is 114 cm³/mol. The van der Waals surface area contributed by atoms with E-state index in [0.29, 0.717) is 18.5 Å². The number of carbonyl (C=O) groups is 2. The van der Waals surface area contributed by atoms with Crippen LogP contribution in [0.25, 0.3) is 16.9 Å². The van der Waals surface area contributed by atoms with Crippen molar-refractivity contribution in [2.24, 2.45) is 5.73 Å². The number of amides is 2. The van der Waals surface area contributed by atoms with Crippen LogP contribution < -0.4 is 5.73 Å². The molecule has 1 saturated heterocycles. The van der Waals surface area contributed by atoms with Crippen LogP contribution in [0.3, 0.4) is 0 Å². The standard InChI is InChI=1S/C22H25FN6O2/c1-27(2)21(30)19(20(24)22(31)28-11-8-16(23)13-28)15-5-3-14(4-6-15)17-9-12-29-18(26-17)7-10-25-29/h3-7,9-10,12,16,19-20H,8,11,13,24H2,1-2H3/t16-,19-,20-/m0/s1. The summed E-state index contributed by atoms with van der Waals surface area (Å²) < 4.78 is 15.2. The zero-order valence-corrected chi connectivity index (χ0v) is 17.5. The molecule has 1 fully saturated rings. The summed E-state index contributed by atoms with van der Waals surface area (Å²) in [6.07, 6.45) is 2.76. The van der Waals surface area contributed by atoms with E-state index in [0.717, 1.165) is 16.9 Å². The zero-order chi connectivity index (χ0) is 22.1. The third-order valence-corrected chi connectivity index (χ3v) is 5.62. The average molecular weight is 424 g/mol. The molecule has 3 aromatic rings. The van der Waals surface area contributed by atoms with Crippen molar-refractivity contribution in [3.8, 4) is 11.3 Å². The molecule has 0 spiro atoms. The highest BCUT2D eigenvalue weighted by molar-refractivity contribution is 5.93. The molecular weight excluding hydrogens is 399 g/mol. The zero-order valence-electron chi connectivity index (χ0n) is 17.5. The van der Waals surface area contributed by atoms with Gasteiger partial charge in [0.25, 0.3) is 0 Å². The van der Waals surface area contributed by atoms with Crippen molar-refractivity contribution in [1.82, 2.24) is 24.4 Å². The minimum Gasteiger partial charge on any atom is -0.348 e. The number of nitrogens with zero attached hydrogens (tertiary/aromatic N) is 5. The van der Waals surface area contributed by atoms with Gasteiger partial charge in [-0.2, -0.15) is 5.10 Å². The minimum atomic E-state index is -1.09. The first kappa shape index (κ1) is 20.9. The van der Waals surface area contributed by atoms with Gasteiger partial charge in [0.2, 0.25) is 11.8 Å². The summed E-state index contributed by atoms with van der Waals surface area (Å²) in [7, 11) is 3.25. The van der Waals surface area contributed by atoms with Gasteiger partial charge in [0.15, 0.2) is 5.65 Å². The molecule has 2 amide bonds. The van der Waals surface area contributed by atoms with Gasteiger partial charge in [0, 0.05) is 38.5 Å². The molecule has 0 saturated carbocycles. The highest BCUT2D eigenvalue weighted by Gasteiger charge is 2.37. The monoisotopic (exact) mass is 424 g/mol. The number of rotatable bonds is 5. The Morgan fingerprint density at radius 3 is 2.58 bits per heavy atom. The van der Waals surface area contributed by atoms with Gasteiger partial charge in [0.1, 0.15) is 12.2 Å². The van der Waals surface area contributed by atoms with Crippen LogP contribution >= 0.6 is 0 Å². The second kappa shape index (κ2) is 8.43. The van der Waals surface area contributed by atoms with Crippen LogP contribution in [-0.4, -0.2) is 75.6 Å². The summed E-state index contributed by atoms with van der Waals surface area (Å²) in [6, 6.07) is 9.86. The van der Waals surface area contributed by atoms with Crippen molar-refractivity contribution >= 4 is 17.5 Å². The van der Waals surface area contributed by atoms with Gasteiger partial charge in [-0.3, -0.25) is 9.59 Å². The van der Waals surface area contributed by atoms with Crippen molar-refractivity contribution < 1.29 is 14.0 Å². The largest absolute Gasteiger partial charge is 0.348 e. The summed E-state index contributed by atoms with van der Waals surface area (Å²) in [4.78, 5) is 33.2. The van der Waals surface area contributed by atoms with E-state index in [-0.39, 0.29) is 12.5 Å². The topological polar surface area (TPSA) is 96.8 Å². The van der Waals surface area contributed by atoms with E-state index in [1.165, 1.54) is 9.80 Å².